The highest BCUT2D eigenvalue weighted by molar-refractivity contribution is 5.80. The van der Waals surface area contributed by atoms with E-state index >= 15 is 0 Å². The van der Waals surface area contributed by atoms with E-state index in [9.17, 15) is 0 Å². The molecule has 1 unspecified atom stereocenters. The van der Waals surface area contributed by atoms with Crippen molar-refractivity contribution in [1.82, 2.24) is 9.47 Å². The van der Waals surface area contributed by atoms with Gasteiger partial charge < -0.3 is 15.2 Å². The Bertz CT molecular complexity index is 573. The van der Waals surface area contributed by atoms with E-state index in [1.165, 1.54) is 48.7 Å². The summed E-state index contributed by atoms with van der Waals surface area (Å²) in [4.78, 5) is 2.53. The summed E-state index contributed by atoms with van der Waals surface area (Å²) in [6, 6.07) is 9.50. The summed E-state index contributed by atoms with van der Waals surface area (Å²) in [6.07, 6.45) is 7.56. The van der Waals surface area contributed by atoms with E-state index in [0.717, 1.165) is 12.6 Å². The second-order valence-electron chi connectivity index (χ2n) is 6.03. The molecule has 1 saturated heterocycles. The smallest absolute Gasteiger partial charge is 0.0483 e. The summed E-state index contributed by atoms with van der Waals surface area (Å²) in [5.74, 6) is 0. The highest BCUT2D eigenvalue weighted by atomic mass is 15.1. The first kappa shape index (κ1) is 13.7. The third-order valence-electron chi connectivity index (χ3n) is 4.70. The SMILES string of the molecule is CN1CCCCC1CCn1ccc2ccc(CN)cc21. The molecule has 3 heteroatoms. The minimum atomic E-state index is 0.618. The minimum Gasteiger partial charge on any atom is -0.347 e. The fourth-order valence-corrected chi connectivity index (χ4v) is 3.35. The number of hydrogen-bond donors (Lipinski definition) is 1. The number of hydrogen-bond acceptors (Lipinski definition) is 2. The second kappa shape index (κ2) is 5.98. The maximum absolute atomic E-state index is 5.75. The van der Waals surface area contributed by atoms with Crippen LogP contribution in [0.25, 0.3) is 10.9 Å². The van der Waals surface area contributed by atoms with Gasteiger partial charge >= 0.3 is 0 Å². The van der Waals surface area contributed by atoms with Crippen LogP contribution in [0, 0.1) is 0 Å². The molecule has 3 rings (SSSR count). The highest BCUT2D eigenvalue weighted by Gasteiger charge is 2.18. The maximum Gasteiger partial charge on any atom is 0.0483 e. The predicted molar refractivity (Wildman–Crippen MR) is 84.7 cm³/mol. The van der Waals surface area contributed by atoms with Crippen LogP contribution in [0.4, 0.5) is 0 Å². The number of fused-ring (bicyclic) bond motifs is 1. The average molecular weight is 271 g/mol. The van der Waals surface area contributed by atoms with Gasteiger partial charge in [-0.25, -0.2) is 0 Å². The van der Waals surface area contributed by atoms with Gasteiger partial charge in [-0.15, -0.1) is 0 Å². The number of rotatable bonds is 4. The largest absolute Gasteiger partial charge is 0.347 e. The van der Waals surface area contributed by atoms with Gasteiger partial charge in [0.2, 0.25) is 0 Å². The van der Waals surface area contributed by atoms with E-state index in [1.807, 2.05) is 0 Å². The number of nitrogens with zero attached hydrogens (tertiary/aromatic N) is 2. The number of nitrogens with two attached hydrogens (primary N) is 1. The third kappa shape index (κ3) is 2.74. The van der Waals surface area contributed by atoms with Crippen LogP contribution in [-0.4, -0.2) is 29.1 Å². The summed E-state index contributed by atoms with van der Waals surface area (Å²) < 4.78 is 2.39. The Kier molecular flexibility index (Phi) is 4.08. The molecule has 1 aliphatic heterocycles. The zero-order valence-corrected chi connectivity index (χ0v) is 12.4. The van der Waals surface area contributed by atoms with Gasteiger partial charge in [0, 0.05) is 30.8 Å². The third-order valence-corrected chi connectivity index (χ3v) is 4.70. The maximum atomic E-state index is 5.75. The summed E-state index contributed by atoms with van der Waals surface area (Å²) in [7, 11) is 2.27. The number of likely N-dealkylation sites (tertiary alicyclic amines) is 1. The first-order chi connectivity index (χ1) is 9.78. The molecule has 2 N–H and O–H groups in total. The zero-order valence-electron chi connectivity index (χ0n) is 12.4. The Balaban J connectivity index is 1.73. The quantitative estimate of drug-likeness (QED) is 0.927. The fraction of sp³-hybridized carbons (Fsp3) is 0.529. The molecule has 0 aliphatic carbocycles. The van der Waals surface area contributed by atoms with E-state index in [2.05, 4.69) is 47.0 Å². The van der Waals surface area contributed by atoms with Crippen LogP contribution in [0.15, 0.2) is 30.5 Å². The monoisotopic (exact) mass is 271 g/mol. The van der Waals surface area contributed by atoms with Crippen LogP contribution < -0.4 is 5.73 Å². The average Bonchev–Trinajstić information content (AvgIpc) is 2.88. The number of aromatic nitrogens is 1. The molecule has 0 radical (unpaired) electrons. The molecule has 1 fully saturated rings. The Morgan fingerprint density at radius 3 is 2.95 bits per heavy atom. The molecule has 0 bridgehead atoms. The van der Waals surface area contributed by atoms with E-state index < -0.39 is 0 Å². The van der Waals surface area contributed by atoms with Crippen molar-refractivity contribution in [2.45, 2.75) is 44.8 Å². The van der Waals surface area contributed by atoms with Crippen LogP contribution in [0.1, 0.15) is 31.2 Å². The lowest BCUT2D eigenvalue weighted by Gasteiger charge is -2.32. The summed E-state index contributed by atoms with van der Waals surface area (Å²) >= 11 is 0. The Morgan fingerprint density at radius 1 is 1.25 bits per heavy atom. The zero-order chi connectivity index (χ0) is 13.9. The van der Waals surface area contributed by atoms with Crippen LogP contribution >= 0.6 is 0 Å². The fourth-order valence-electron chi connectivity index (χ4n) is 3.35. The van der Waals surface area contributed by atoms with Crippen molar-refractivity contribution < 1.29 is 0 Å². The first-order valence-corrected chi connectivity index (χ1v) is 7.76. The van der Waals surface area contributed by atoms with Crippen LogP contribution in [-0.2, 0) is 13.1 Å². The van der Waals surface area contributed by atoms with Crippen LogP contribution in [0.2, 0.25) is 0 Å². The Hall–Kier alpha value is -1.32. The molecule has 1 aromatic carbocycles. The van der Waals surface area contributed by atoms with Crippen molar-refractivity contribution in [3.05, 3.63) is 36.0 Å². The van der Waals surface area contributed by atoms with Gasteiger partial charge in [-0.1, -0.05) is 18.6 Å². The van der Waals surface area contributed by atoms with Crippen molar-refractivity contribution in [3.8, 4) is 0 Å². The molecular formula is C17H25N3. The van der Waals surface area contributed by atoms with Crippen LogP contribution in [0.3, 0.4) is 0 Å². The normalized spacial score (nSPS) is 20.6. The van der Waals surface area contributed by atoms with E-state index in [0.29, 0.717) is 6.54 Å². The molecule has 2 aromatic rings. The molecular weight excluding hydrogens is 246 g/mol. The van der Waals surface area contributed by atoms with Crippen molar-refractivity contribution in [1.29, 1.82) is 0 Å². The van der Waals surface area contributed by atoms with Gasteiger partial charge in [0.15, 0.2) is 0 Å². The van der Waals surface area contributed by atoms with Gasteiger partial charge in [-0.2, -0.15) is 0 Å². The molecule has 1 aromatic heterocycles. The lowest BCUT2D eigenvalue weighted by molar-refractivity contribution is 0.171. The van der Waals surface area contributed by atoms with Crippen molar-refractivity contribution in [2.24, 2.45) is 5.73 Å². The second-order valence-corrected chi connectivity index (χ2v) is 6.03. The molecule has 1 aliphatic rings. The molecule has 0 saturated carbocycles. The van der Waals surface area contributed by atoms with Crippen molar-refractivity contribution in [3.63, 3.8) is 0 Å². The predicted octanol–water partition coefficient (Wildman–Crippen LogP) is 2.97. The lowest BCUT2D eigenvalue weighted by atomic mass is 10.0. The molecule has 3 nitrogen and oxygen atoms in total. The summed E-state index contributed by atoms with van der Waals surface area (Å²) in [6.45, 7) is 2.98. The van der Waals surface area contributed by atoms with Crippen LogP contribution in [0.5, 0.6) is 0 Å². The van der Waals surface area contributed by atoms with Gasteiger partial charge in [-0.3, -0.25) is 0 Å². The van der Waals surface area contributed by atoms with Crippen molar-refractivity contribution >= 4 is 10.9 Å². The Morgan fingerprint density at radius 2 is 2.15 bits per heavy atom. The molecule has 2 heterocycles. The van der Waals surface area contributed by atoms with Gasteiger partial charge in [0.1, 0.15) is 0 Å². The molecule has 1 atom stereocenters. The first-order valence-electron chi connectivity index (χ1n) is 7.76. The number of aryl methyl sites for hydroxylation is 1. The lowest BCUT2D eigenvalue weighted by Crippen LogP contribution is -2.36. The number of benzene rings is 1. The Labute approximate surface area is 121 Å². The molecule has 0 amide bonds. The molecule has 0 spiro atoms. The van der Waals surface area contributed by atoms with Crippen molar-refractivity contribution in [2.75, 3.05) is 13.6 Å². The van der Waals surface area contributed by atoms with Gasteiger partial charge in [-0.05, 0) is 55.9 Å². The standard InChI is InChI=1S/C17H25N3/c1-19-9-3-2-4-16(19)8-11-20-10-7-15-6-5-14(13-18)12-17(15)20/h5-7,10,12,16H,2-4,8-9,11,13,18H2,1H3. The van der Waals surface area contributed by atoms with E-state index in [4.69, 9.17) is 5.73 Å². The van der Waals surface area contributed by atoms with E-state index in [-0.39, 0.29) is 0 Å². The molecule has 108 valence electrons. The van der Waals surface area contributed by atoms with Gasteiger partial charge in [0.25, 0.3) is 0 Å². The summed E-state index contributed by atoms with van der Waals surface area (Å²) in [5.41, 5.74) is 8.29. The highest BCUT2D eigenvalue weighted by Crippen LogP contribution is 2.21. The van der Waals surface area contributed by atoms with E-state index in [1.54, 1.807) is 0 Å². The summed E-state index contributed by atoms with van der Waals surface area (Å²) in [5, 5.41) is 1.32. The van der Waals surface area contributed by atoms with Gasteiger partial charge in [0.05, 0.1) is 0 Å². The topological polar surface area (TPSA) is 34.2 Å². The minimum absolute atomic E-state index is 0.618. The number of piperidine rings is 1. The molecule has 20 heavy (non-hydrogen) atoms.